The SMILES string of the molecule is CCCC(Cl)(Cl)C(NC(C)=O)NC(C)=O. The number of carbonyl (C=O) groups excluding carboxylic acids is 2. The summed E-state index contributed by atoms with van der Waals surface area (Å²) < 4.78 is -1.19. The van der Waals surface area contributed by atoms with Gasteiger partial charge in [0, 0.05) is 13.8 Å². The fourth-order valence-corrected chi connectivity index (χ4v) is 1.73. The number of hydrogen-bond donors (Lipinski definition) is 2. The lowest BCUT2D eigenvalue weighted by atomic mass is 10.2. The molecule has 0 aromatic rings. The van der Waals surface area contributed by atoms with E-state index in [0.717, 1.165) is 6.42 Å². The smallest absolute Gasteiger partial charge is 0.218 e. The number of alkyl halides is 2. The summed E-state index contributed by atoms with van der Waals surface area (Å²) in [4.78, 5) is 21.8. The molecule has 0 aliphatic rings. The molecule has 0 radical (unpaired) electrons. The standard InChI is InChI=1S/C9H16Cl2N2O2/c1-4-5-9(10,11)8(12-6(2)14)13-7(3)15/h8H,4-5H2,1-3H3,(H,12,14)(H,13,15). The van der Waals surface area contributed by atoms with Crippen LogP contribution in [0.1, 0.15) is 33.6 Å². The Kier molecular flexibility index (Phi) is 5.98. The zero-order valence-corrected chi connectivity index (χ0v) is 10.6. The zero-order chi connectivity index (χ0) is 12.1. The number of nitrogens with one attached hydrogen (secondary N) is 2. The van der Waals surface area contributed by atoms with Gasteiger partial charge in [-0.05, 0) is 6.42 Å². The van der Waals surface area contributed by atoms with Gasteiger partial charge in [-0.25, -0.2) is 0 Å². The molecule has 88 valence electrons. The van der Waals surface area contributed by atoms with Crippen LogP contribution in [-0.2, 0) is 9.59 Å². The van der Waals surface area contributed by atoms with E-state index < -0.39 is 10.5 Å². The monoisotopic (exact) mass is 254 g/mol. The zero-order valence-electron chi connectivity index (χ0n) is 9.06. The number of rotatable bonds is 5. The summed E-state index contributed by atoms with van der Waals surface area (Å²) in [7, 11) is 0. The van der Waals surface area contributed by atoms with E-state index in [4.69, 9.17) is 23.2 Å². The molecular formula is C9H16Cl2N2O2. The molecule has 0 aliphatic heterocycles. The lowest BCUT2D eigenvalue weighted by Crippen LogP contribution is -2.56. The molecule has 0 aromatic heterocycles. The molecule has 0 heterocycles. The first-order valence-corrected chi connectivity index (χ1v) is 5.47. The van der Waals surface area contributed by atoms with Gasteiger partial charge < -0.3 is 10.6 Å². The highest BCUT2D eigenvalue weighted by atomic mass is 35.5. The third-order valence-electron chi connectivity index (χ3n) is 1.70. The first-order valence-electron chi connectivity index (χ1n) is 4.71. The Labute approximate surface area is 99.7 Å². The number of hydrogen-bond acceptors (Lipinski definition) is 2. The predicted molar refractivity (Wildman–Crippen MR) is 60.8 cm³/mol. The van der Waals surface area contributed by atoms with Gasteiger partial charge in [0.05, 0.1) is 0 Å². The Bertz CT molecular complexity index is 228. The summed E-state index contributed by atoms with van der Waals surface area (Å²) in [5.41, 5.74) is 0. The van der Waals surface area contributed by atoms with Crippen molar-refractivity contribution in [2.45, 2.75) is 44.1 Å². The van der Waals surface area contributed by atoms with Gasteiger partial charge in [-0.3, -0.25) is 9.59 Å². The fourth-order valence-electron chi connectivity index (χ4n) is 1.13. The van der Waals surface area contributed by atoms with Crippen molar-refractivity contribution >= 4 is 35.0 Å². The quantitative estimate of drug-likeness (QED) is 0.578. The molecule has 0 rings (SSSR count). The molecule has 0 unspecified atom stereocenters. The predicted octanol–water partition coefficient (Wildman–Crippen LogP) is 1.56. The molecule has 0 spiro atoms. The van der Waals surface area contributed by atoms with E-state index >= 15 is 0 Å². The van der Waals surface area contributed by atoms with Gasteiger partial charge in [-0.2, -0.15) is 0 Å². The minimum atomic E-state index is -1.19. The Balaban J connectivity index is 4.59. The van der Waals surface area contributed by atoms with Crippen LogP contribution in [-0.4, -0.2) is 22.3 Å². The van der Waals surface area contributed by atoms with Gasteiger partial charge in [-0.1, -0.05) is 36.5 Å². The molecule has 15 heavy (non-hydrogen) atoms. The minimum Gasteiger partial charge on any atom is -0.334 e. The highest BCUT2D eigenvalue weighted by molar-refractivity contribution is 6.49. The number of carbonyl (C=O) groups is 2. The van der Waals surface area contributed by atoms with Crippen LogP contribution in [0.4, 0.5) is 0 Å². The second-order valence-corrected chi connectivity index (χ2v) is 4.89. The Morgan fingerprint density at radius 3 is 1.87 bits per heavy atom. The van der Waals surface area contributed by atoms with Crippen molar-refractivity contribution in [3.05, 3.63) is 0 Å². The van der Waals surface area contributed by atoms with Gasteiger partial charge in [0.1, 0.15) is 6.17 Å². The maximum absolute atomic E-state index is 10.9. The maximum Gasteiger partial charge on any atom is 0.218 e. The third kappa shape index (κ3) is 5.85. The molecular weight excluding hydrogens is 239 g/mol. The Hall–Kier alpha value is -0.480. The van der Waals surface area contributed by atoms with Crippen LogP contribution in [0.15, 0.2) is 0 Å². The lowest BCUT2D eigenvalue weighted by Gasteiger charge is -2.30. The number of amides is 2. The van der Waals surface area contributed by atoms with E-state index in [1.54, 1.807) is 0 Å². The van der Waals surface area contributed by atoms with Crippen LogP contribution in [0.25, 0.3) is 0 Å². The van der Waals surface area contributed by atoms with E-state index in [2.05, 4.69) is 10.6 Å². The Morgan fingerprint density at radius 2 is 1.60 bits per heavy atom. The van der Waals surface area contributed by atoms with Crippen molar-refractivity contribution < 1.29 is 9.59 Å². The van der Waals surface area contributed by atoms with Crippen molar-refractivity contribution in [1.29, 1.82) is 0 Å². The molecule has 0 aliphatic carbocycles. The summed E-state index contributed by atoms with van der Waals surface area (Å²) in [5, 5.41) is 5.00. The molecule has 0 saturated heterocycles. The van der Waals surface area contributed by atoms with Crippen molar-refractivity contribution in [2.75, 3.05) is 0 Å². The molecule has 2 N–H and O–H groups in total. The van der Waals surface area contributed by atoms with E-state index in [0.29, 0.717) is 6.42 Å². The summed E-state index contributed by atoms with van der Waals surface area (Å²) in [6.45, 7) is 4.59. The molecule has 0 aromatic carbocycles. The van der Waals surface area contributed by atoms with Crippen molar-refractivity contribution in [3.63, 3.8) is 0 Å². The topological polar surface area (TPSA) is 58.2 Å². The van der Waals surface area contributed by atoms with Crippen LogP contribution in [0, 0.1) is 0 Å². The molecule has 4 nitrogen and oxygen atoms in total. The molecule has 2 amide bonds. The highest BCUT2D eigenvalue weighted by Gasteiger charge is 2.35. The van der Waals surface area contributed by atoms with E-state index in [1.807, 2.05) is 6.92 Å². The van der Waals surface area contributed by atoms with E-state index in [-0.39, 0.29) is 11.8 Å². The second kappa shape index (κ2) is 6.18. The van der Waals surface area contributed by atoms with Gasteiger partial charge >= 0.3 is 0 Å². The van der Waals surface area contributed by atoms with Gasteiger partial charge in [-0.15, -0.1) is 0 Å². The minimum absolute atomic E-state index is 0.296. The number of halogens is 2. The van der Waals surface area contributed by atoms with Crippen molar-refractivity contribution in [2.24, 2.45) is 0 Å². The average Bonchev–Trinajstić information content (AvgIpc) is 2.00. The van der Waals surface area contributed by atoms with E-state index in [9.17, 15) is 9.59 Å². The van der Waals surface area contributed by atoms with Crippen LogP contribution in [0.3, 0.4) is 0 Å². The summed E-state index contributed by atoms with van der Waals surface area (Å²) in [6.07, 6.45) is 0.458. The summed E-state index contributed by atoms with van der Waals surface area (Å²) >= 11 is 12.1. The maximum atomic E-state index is 10.9. The van der Waals surface area contributed by atoms with Gasteiger partial charge in [0.2, 0.25) is 11.8 Å². The van der Waals surface area contributed by atoms with Crippen LogP contribution in [0.5, 0.6) is 0 Å². The second-order valence-electron chi connectivity index (χ2n) is 3.35. The van der Waals surface area contributed by atoms with Gasteiger partial charge in [0.15, 0.2) is 4.33 Å². The van der Waals surface area contributed by atoms with Crippen molar-refractivity contribution in [1.82, 2.24) is 10.6 Å². The molecule has 0 saturated carbocycles. The van der Waals surface area contributed by atoms with Crippen LogP contribution >= 0.6 is 23.2 Å². The first kappa shape index (κ1) is 14.5. The average molecular weight is 255 g/mol. The van der Waals surface area contributed by atoms with E-state index in [1.165, 1.54) is 13.8 Å². The largest absolute Gasteiger partial charge is 0.334 e. The molecule has 0 bridgehead atoms. The van der Waals surface area contributed by atoms with Gasteiger partial charge in [0.25, 0.3) is 0 Å². The molecule has 6 heteroatoms. The van der Waals surface area contributed by atoms with Crippen molar-refractivity contribution in [3.8, 4) is 0 Å². The summed E-state index contributed by atoms with van der Waals surface area (Å²) in [5.74, 6) is -0.592. The molecule has 0 fully saturated rings. The molecule has 0 atom stereocenters. The Morgan fingerprint density at radius 1 is 1.20 bits per heavy atom. The van der Waals surface area contributed by atoms with Crippen LogP contribution < -0.4 is 10.6 Å². The lowest BCUT2D eigenvalue weighted by molar-refractivity contribution is -0.122. The third-order valence-corrected chi connectivity index (χ3v) is 2.52. The summed E-state index contributed by atoms with van der Waals surface area (Å²) in [6, 6.07) is 0. The van der Waals surface area contributed by atoms with Crippen LogP contribution in [0.2, 0.25) is 0 Å². The highest BCUT2D eigenvalue weighted by Crippen LogP contribution is 2.29. The first-order chi connectivity index (χ1) is 6.79. The normalized spacial score (nSPS) is 11.3. The fraction of sp³-hybridized carbons (Fsp3) is 0.778.